The fourth-order valence-corrected chi connectivity index (χ4v) is 2.17. The van der Waals surface area contributed by atoms with E-state index in [2.05, 4.69) is 15.8 Å². The molecule has 1 amide bonds. The van der Waals surface area contributed by atoms with E-state index in [0.717, 1.165) is 12.1 Å². The smallest absolute Gasteiger partial charge is 0.277 e. The van der Waals surface area contributed by atoms with Crippen LogP contribution in [0.25, 0.3) is 0 Å². The second-order valence-corrected chi connectivity index (χ2v) is 6.88. The minimum atomic E-state index is -1.25. The summed E-state index contributed by atoms with van der Waals surface area (Å²) < 4.78 is 27.9. The van der Waals surface area contributed by atoms with Crippen molar-refractivity contribution in [1.29, 1.82) is 0 Å². The number of halogens is 4. The molecule has 0 radical (unpaired) electrons. The Bertz CT molecular complexity index is 811. The Kier molecular flexibility index (Phi) is 5.82. The maximum absolute atomic E-state index is 14.2. The fourth-order valence-electron chi connectivity index (χ4n) is 1.74. The monoisotopic (exact) mass is 389 g/mol. The fraction of sp³-hybridized carbons (Fsp3) is 0.250. The van der Waals surface area contributed by atoms with Crippen LogP contribution in [0.15, 0.2) is 24.4 Å². The van der Waals surface area contributed by atoms with E-state index in [0.29, 0.717) is 0 Å². The molecule has 2 rings (SSSR count). The van der Waals surface area contributed by atoms with Crippen molar-refractivity contribution in [3.05, 3.63) is 51.6 Å². The van der Waals surface area contributed by atoms with Gasteiger partial charge >= 0.3 is 0 Å². The third kappa shape index (κ3) is 5.01. The molecule has 0 aliphatic carbocycles. The first-order valence-electron chi connectivity index (χ1n) is 7.13. The third-order valence-electron chi connectivity index (χ3n) is 2.84. The number of hydrogen-bond donors (Lipinski definition) is 2. The van der Waals surface area contributed by atoms with Crippen LogP contribution in [0.2, 0.25) is 10.0 Å². The summed E-state index contributed by atoms with van der Waals surface area (Å²) in [4.78, 5) is 21.3. The van der Waals surface area contributed by atoms with Gasteiger partial charge in [0.25, 0.3) is 5.91 Å². The number of pyridine rings is 1. The number of rotatable bonds is 4. The van der Waals surface area contributed by atoms with Crippen LogP contribution in [0, 0.1) is 11.6 Å². The van der Waals surface area contributed by atoms with Crippen molar-refractivity contribution in [2.75, 3.05) is 5.32 Å². The first-order valence-corrected chi connectivity index (χ1v) is 7.88. The third-order valence-corrected chi connectivity index (χ3v) is 3.34. The average molecular weight is 390 g/mol. The van der Waals surface area contributed by atoms with Crippen LogP contribution in [0.4, 0.5) is 20.3 Å². The van der Waals surface area contributed by atoms with E-state index in [1.54, 1.807) is 20.8 Å². The van der Waals surface area contributed by atoms with E-state index in [9.17, 15) is 13.6 Å². The van der Waals surface area contributed by atoms with Gasteiger partial charge in [0.2, 0.25) is 0 Å². The van der Waals surface area contributed by atoms with Crippen molar-refractivity contribution in [2.45, 2.75) is 26.4 Å². The minimum absolute atomic E-state index is 0.0151. The molecule has 0 atom stereocenters. The van der Waals surface area contributed by atoms with Crippen molar-refractivity contribution < 1.29 is 18.4 Å². The zero-order valence-electron chi connectivity index (χ0n) is 13.6. The number of anilines is 2. The first kappa shape index (κ1) is 19.4. The summed E-state index contributed by atoms with van der Waals surface area (Å²) >= 11 is 11.7. The number of carbonyl (C=O) groups is 1. The molecule has 0 saturated heterocycles. The van der Waals surface area contributed by atoms with Crippen LogP contribution >= 0.6 is 23.2 Å². The molecule has 1 heterocycles. The molecule has 0 aliphatic rings. The summed E-state index contributed by atoms with van der Waals surface area (Å²) in [5, 5.41) is 2.87. The van der Waals surface area contributed by atoms with Crippen LogP contribution in [-0.4, -0.2) is 16.5 Å². The number of amides is 1. The second-order valence-electron chi connectivity index (χ2n) is 6.04. The molecule has 0 bridgehead atoms. The highest BCUT2D eigenvalue weighted by Crippen LogP contribution is 2.30. The molecule has 9 heteroatoms. The van der Waals surface area contributed by atoms with E-state index >= 15 is 0 Å². The number of nitrogens with one attached hydrogen (secondary N) is 2. The van der Waals surface area contributed by atoms with E-state index < -0.39 is 28.8 Å². The number of hydrogen-bond acceptors (Lipinski definition) is 4. The molecule has 2 aromatic rings. The zero-order valence-corrected chi connectivity index (χ0v) is 15.1. The number of carbonyl (C=O) groups excluding carboxylic acids is 1. The molecular weight excluding hydrogens is 375 g/mol. The number of aromatic nitrogens is 1. The van der Waals surface area contributed by atoms with E-state index in [1.165, 1.54) is 12.3 Å². The maximum Gasteiger partial charge on any atom is 0.277 e. The summed E-state index contributed by atoms with van der Waals surface area (Å²) in [7, 11) is 0. The molecule has 0 saturated carbocycles. The molecule has 2 N–H and O–H groups in total. The lowest BCUT2D eigenvalue weighted by Gasteiger charge is -2.20. The Labute approximate surface area is 153 Å². The lowest BCUT2D eigenvalue weighted by atomic mass is 10.1. The highest BCUT2D eigenvalue weighted by Gasteiger charge is 2.22. The van der Waals surface area contributed by atoms with Crippen LogP contribution in [0.3, 0.4) is 0 Å². The Morgan fingerprint density at radius 1 is 1.24 bits per heavy atom. The molecular formula is C16H15Cl2F2N3O2. The molecule has 1 aromatic heterocycles. The normalized spacial score (nSPS) is 11.3. The van der Waals surface area contributed by atoms with Gasteiger partial charge in [0.05, 0.1) is 26.9 Å². The topological polar surface area (TPSA) is 63.2 Å². The number of benzene rings is 1. The predicted octanol–water partition coefficient (Wildman–Crippen LogP) is 4.87. The van der Waals surface area contributed by atoms with E-state index in [-0.39, 0.29) is 21.4 Å². The van der Waals surface area contributed by atoms with Crippen LogP contribution in [0.5, 0.6) is 0 Å². The lowest BCUT2D eigenvalue weighted by molar-refractivity contribution is -0.0589. The second kappa shape index (κ2) is 7.51. The van der Waals surface area contributed by atoms with Gasteiger partial charge in [0.1, 0.15) is 5.82 Å². The van der Waals surface area contributed by atoms with Gasteiger partial charge in [0.15, 0.2) is 11.6 Å². The van der Waals surface area contributed by atoms with Gasteiger partial charge in [-0.2, -0.15) is 0 Å². The van der Waals surface area contributed by atoms with Crippen molar-refractivity contribution in [1.82, 2.24) is 10.5 Å². The highest BCUT2D eigenvalue weighted by molar-refractivity contribution is 6.36. The summed E-state index contributed by atoms with van der Waals surface area (Å²) in [6, 6.07) is 3.33. The average Bonchev–Trinajstić information content (AvgIpc) is 2.51. The quantitative estimate of drug-likeness (QED) is 0.732. The Morgan fingerprint density at radius 3 is 2.52 bits per heavy atom. The standard InChI is InChI=1S/C16H15Cl2F2N3O2/c1-16(2,3)25-23-15(24)9-4-5-11(19)12(20)13(9)22-14-10(18)6-8(17)7-21-14/h4-7H,1-3H3,(H,21,22)(H,23,24). The molecule has 0 spiro atoms. The molecule has 0 aliphatic heterocycles. The summed E-state index contributed by atoms with van der Waals surface area (Å²) in [6.45, 7) is 5.15. The van der Waals surface area contributed by atoms with Crippen molar-refractivity contribution in [3.63, 3.8) is 0 Å². The van der Waals surface area contributed by atoms with Crippen molar-refractivity contribution in [3.8, 4) is 0 Å². The first-order chi connectivity index (χ1) is 11.6. The number of nitrogens with zero attached hydrogens (tertiary/aromatic N) is 1. The predicted molar refractivity (Wildman–Crippen MR) is 92.2 cm³/mol. The van der Waals surface area contributed by atoms with Gasteiger partial charge in [-0.05, 0) is 39.0 Å². The molecule has 0 unspecified atom stereocenters. The van der Waals surface area contributed by atoms with Gasteiger partial charge in [-0.3, -0.25) is 9.63 Å². The van der Waals surface area contributed by atoms with Crippen LogP contribution in [-0.2, 0) is 4.84 Å². The van der Waals surface area contributed by atoms with Crippen LogP contribution in [0.1, 0.15) is 31.1 Å². The summed E-state index contributed by atoms with van der Waals surface area (Å²) in [5.74, 6) is -3.14. The highest BCUT2D eigenvalue weighted by atomic mass is 35.5. The number of hydroxylamine groups is 1. The SMILES string of the molecule is CC(C)(C)ONC(=O)c1ccc(F)c(F)c1Nc1ncc(Cl)cc1Cl. The summed E-state index contributed by atoms with van der Waals surface area (Å²) in [5.41, 5.74) is 0.921. The lowest BCUT2D eigenvalue weighted by Crippen LogP contribution is -2.34. The van der Waals surface area contributed by atoms with Crippen molar-refractivity contribution >= 4 is 40.6 Å². The Balaban J connectivity index is 2.38. The van der Waals surface area contributed by atoms with Crippen LogP contribution < -0.4 is 10.8 Å². The molecule has 134 valence electrons. The molecule has 1 aromatic carbocycles. The van der Waals surface area contributed by atoms with Gasteiger partial charge in [-0.25, -0.2) is 19.2 Å². The largest absolute Gasteiger partial charge is 0.336 e. The van der Waals surface area contributed by atoms with Crippen molar-refractivity contribution in [2.24, 2.45) is 0 Å². The van der Waals surface area contributed by atoms with E-state index in [1.807, 2.05) is 0 Å². The van der Waals surface area contributed by atoms with Gasteiger partial charge in [0, 0.05) is 6.20 Å². The Hall–Kier alpha value is -1.96. The zero-order chi connectivity index (χ0) is 18.8. The molecule has 25 heavy (non-hydrogen) atoms. The van der Waals surface area contributed by atoms with E-state index in [4.69, 9.17) is 28.0 Å². The Morgan fingerprint density at radius 2 is 1.92 bits per heavy atom. The minimum Gasteiger partial charge on any atom is -0.336 e. The van der Waals surface area contributed by atoms with Gasteiger partial charge in [-0.1, -0.05) is 23.2 Å². The molecule has 5 nitrogen and oxygen atoms in total. The van der Waals surface area contributed by atoms with Gasteiger partial charge in [-0.15, -0.1) is 0 Å². The molecule has 0 fully saturated rings. The summed E-state index contributed by atoms with van der Waals surface area (Å²) in [6.07, 6.45) is 1.27. The van der Waals surface area contributed by atoms with Gasteiger partial charge < -0.3 is 5.32 Å². The maximum atomic E-state index is 14.2.